The first-order chi connectivity index (χ1) is 32.9. The van der Waals surface area contributed by atoms with E-state index in [0.29, 0.717) is 5.57 Å². The Morgan fingerprint density at radius 3 is 0.941 bits per heavy atom. The fraction of sp³-hybridized carbons (Fsp3) is 0. The van der Waals surface area contributed by atoms with Gasteiger partial charge in [0.1, 0.15) is 0 Å². The molecule has 0 aliphatic rings. The van der Waals surface area contributed by atoms with Crippen LogP contribution in [0.5, 0.6) is 0 Å². The van der Waals surface area contributed by atoms with Gasteiger partial charge in [0.25, 0.3) is 0 Å². The van der Waals surface area contributed by atoms with Crippen LogP contribution < -0.4 is 0 Å². The molecule has 340 valence electrons. The molecular weight excluding hydrogens is 849 g/mol. The van der Waals surface area contributed by atoms with E-state index in [1.54, 1.807) is 6.08 Å². The lowest BCUT2D eigenvalue weighted by atomic mass is 9.87. The van der Waals surface area contributed by atoms with Crippen molar-refractivity contribution in [2.45, 2.75) is 0 Å². The fourth-order valence-corrected chi connectivity index (χ4v) is 5.86. The molecule has 0 aromatic heterocycles. The van der Waals surface area contributed by atoms with E-state index in [2.05, 4.69) is 80.4 Å². The normalized spacial score (nSPS) is 11.5. The molecule has 0 saturated heterocycles. The third-order valence-corrected chi connectivity index (χ3v) is 9.10. The average Bonchev–Trinajstić information content (AvgIpc) is 3.37. The Balaban J connectivity index is 0.000000710. The van der Waals surface area contributed by atoms with Gasteiger partial charge in [0.05, 0.1) is 5.57 Å². The molecule has 0 saturated carbocycles. The molecule has 0 aliphatic heterocycles. The van der Waals surface area contributed by atoms with Gasteiger partial charge in [0.2, 0.25) is 0 Å². The Bertz CT molecular complexity index is 2750. The highest BCUT2D eigenvalue weighted by atomic mass is 16.4. The summed E-state index contributed by atoms with van der Waals surface area (Å²) in [4.78, 5) is 41.1. The summed E-state index contributed by atoms with van der Waals surface area (Å²) in [6.45, 7) is 8.88. The number of carboxylic acid groups (broad SMARTS) is 4. The van der Waals surface area contributed by atoms with Crippen molar-refractivity contribution in [2.75, 3.05) is 0 Å². The Hall–Kier alpha value is -9.40. The Morgan fingerprint density at radius 1 is 0.324 bits per heavy atom. The molecule has 0 radical (unpaired) electrons. The van der Waals surface area contributed by atoms with Crippen LogP contribution in [0.1, 0.15) is 38.9 Å². The molecule has 8 nitrogen and oxygen atoms in total. The van der Waals surface area contributed by atoms with Gasteiger partial charge in [-0.15, -0.1) is 0 Å². The van der Waals surface area contributed by atoms with Crippen molar-refractivity contribution in [2.24, 2.45) is 0 Å². The second-order valence-electron chi connectivity index (χ2n) is 13.9. The first-order valence-corrected chi connectivity index (χ1v) is 21.0. The van der Waals surface area contributed by atoms with E-state index < -0.39 is 23.9 Å². The highest BCUT2D eigenvalue weighted by molar-refractivity contribution is 5.98. The van der Waals surface area contributed by atoms with Crippen LogP contribution >= 0.6 is 0 Å². The number of aliphatic carboxylic acids is 4. The maximum atomic E-state index is 13.4. The molecule has 6 rings (SSSR count). The van der Waals surface area contributed by atoms with Crippen LogP contribution in [0.15, 0.2) is 255 Å². The second kappa shape index (κ2) is 30.6. The van der Waals surface area contributed by atoms with Gasteiger partial charge in [0, 0.05) is 18.2 Å². The highest BCUT2D eigenvalue weighted by Gasteiger charge is 2.18. The van der Waals surface area contributed by atoms with E-state index in [0.717, 1.165) is 68.3 Å². The zero-order chi connectivity index (χ0) is 49.4. The summed E-state index contributed by atoms with van der Waals surface area (Å²) < 4.78 is 0. The van der Waals surface area contributed by atoms with E-state index in [-0.39, 0.29) is 5.57 Å². The first kappa shape index (κ1) is 52.9. The summed E-state index contributed by atoms with van der Waals surface area (Å²) >= 11 is 0. The summed E-state index contributed by atoms with van der Waals surface area (Å²) in [7, 11) is 0. The zero-order valence-corrected chi connectivity index (χ0v) is 37.3. The van der Waals surface area contributed by atoms with Gasteiger partial charge >= 0.3 is 23.9 Å². The molecule has 0 aliphatic carbocycles. The zero-order valence-electron chi connectivity index (χ0n) is 37.3. The largest absolute Gasteiger partial charge is 0.478 e. The van der Waals surface area contributed by atoms with Crippen LogP contribution in [0, 0.1) is 0 Å². The van der Waals surface area contributed by atoms with E-state index in [4.69, 9.17) is 15.3 Å². The Kier molecular flexibility index (Phi) is 23.9. The van der Waals surface area contributed by atoms with E-state index in [1.807, 2.05) is 170 Å². The lowest BCUT2D eigenvalue weighted by Gasteiger charge is -2.16. The molecule has 68 heavy (non-hydrogen) atoms. The molecular formula is C60H52O8. The molecule has 0 amide bonds. The van der Waals surface area contributed by atoms with Crippen LogP contribution in [0.2, 0.25) is 0 Å². The van der Waals surface area contributed by atoms with Crippen molar-refractivity contribution in [3.05, 3.63) is 294 Å². The molecule has 6 aromatic carbocycles. The van der Waals surface area contributed by atoms with Gasteiger partial charge < -0.3 is 20.4 Å². The predicted octanol–water partition coefficient (Wildman–Crippen LogP) is 13.6. The molecule has 0 unspecified atom stereocenters. The van der Waals surface area contributed by atoms with Gasteiger partial charge in [-0.3, -0.25) is 0 Å². The predicted molar refractivity (Wildman–Crippen MR) is 279 cm³/mol. The topological polar surface area (TPSA) is 149 Å². The summed E-state index contributed by atoms with van der Waals surface area (Å²) in [5.74, 6) is -3.97. The summed E-state index contributed by atoms with van der Waals surface area (Å²) in [6, 6.07) is 58.4. The summed E-state index contributed by atoms with van der Waals surface area (Å²) in [6.07, 6.45) is 22.5. The molecule has 0 fully saturated rings. The lowest BCUT2D eigenvalue weighted by Crippen LogP contribution is -2.05. The van der Waals surface area contributed by atoms with Gasteiger partial charge in [-0.05, 0) is 61.7 Å². The van der Waals surface area contributed by atoms with Crippen molar-refractivity contribution in [3.63, 3.8) is 0 Å². The number of rotatable bonds is 16. The second-order valence-corrected chi connectivity index (χ2v) is 13.9. The Labute approximate surface area is 397 Å². The van der Waals surface area contributed by atoms with Gasteiger partial charge in [-0.2, -0.15) is 0 Å². The van der Waals surface area contributed by atoms with Crippen molar-refractivity contribution >= 4 is 65.9 Å². The van der Waals surface area contributed by atoms with Crippen LogP contribution in [-0.4, -0.2) is 44.3 Å². The number of carboxylic acids is 4. The molecule has 8 heteroatoms. The molecule has 0 heterocycles. The lowest BCUT2D eigenvalue weighted by molar-refractivity contribution is -0.133. The minimum absolute atomic E-state index is 0.164. The smallest absolute Gasteiger partial charge is 0.336 e. The van der Waals surface area contributed by atoms with Crippen molar-refractivity contribution in [1.29, 1.82) is 0 Å². The Morgan fingerprint density at radius 2 is 0.603 bits per heavy atom. The number of benzene rings is 6. The quantitative estimate of drug-likeness (QED) is 0.0426. The maximum absolute atomic E-state index is 13.4. The standard InChI is InChI=1S/C51H40O2.3C3H4O2/c52-51(53)50(39-34-44-26-14-5-15-27-44)49(38-33-43-24-12-4-13-25-43)48(37-32-42-22-10-3-11-23-42)47(36-31-41-20-8-2-9-21-41)46-29-17-16-28-45(46)35-30-40-18-6-1-7-19-40;3*1-2-3(4)5/h1-39H,(H,52,53);3*2H,1H2,(H,4,5). The molecule has 4 N–H and O–H groups in total. The van der Waals surface area contributed by atoms with Crippen LogP contribution in [-0.2, 0) is 19.2 Å². The van der Waals surface area contributed by atoms with Crippen molar-refractivity contribution in [3.8, 4) is 0 Å². The summed E-state index contributed by atoms with van der Waals surface area (Å²) in [5, 5.41) is 33.8. The van der Waals surface area contributed by atoms with Crippen LogP contribution in [0.25, 0.3) is 42.0 Å². The van der Waals surface area contributed by atoms with Crippen molar-refractivity contribution < 1.29 is 39.6 Å². The van der Waals surface area contributed by atoms with E-state index >= 15 is 0 Å². The van der Waals surface area contributed by atoms with E-state index in [9.17, 15) is 24.3 Å². The highest BCUT2D eigenvalue weighted by Crippen LogP contribution is 2.34. The number of allylic oxidation sites excluding steroid dienone is 6. The minimum Gasteiger partial charge on any atom is -0.478 e. The average molecular weight is 901 g/mol. The third-order valence-electron chi connectivity index (χ3n) is 9.10. The number of carbonyl (C=O) groups is 4. The van der Waals surface area contributed by atoms with Crippen LogP contribution in [0.3, 0.4) is 0 Å². The van der Waals surface area contributed by atoms with E-state index in [1.165, 1.54) is 0 Å². The SMILES string of the molecule is C=CC(=O)O.C=CC(=O)O.C=CC(=O)O.O=C(O)C(C=Cc1ccccc1)=C(C=Cc1ccccc1)C(C=Cc1ccccc1)=C(C=Cc1ccccc1)c1ccccc1C=Cc1ccccc1. The number of hydrogen-bond donors (Lipinski definition) is 4. The molecule has 0 bridgehead atoms. The fourth-order valence-electron chi connectivity index (χ4n) is 5.86. The monoisotopic (exact) mass is 900 g/mol. The number of hydrogen-bond acceptors (Lipinski definition) is 4. The third kappa shape index (κ3) is 20.4. The van der Waals surface area contributed by atoms with Gasteiger partial charge in [-0.25, -0.2) is 19.2 Å². The van der Waals surface area contributed by atoms with Crippen LogP contribution in [0.4, 0.5) is 0 Å². The molecule has 6 aromatic rings. The summed E-state index contributed by atoms with van der Waals surface area (Å²) in [5.41, 5.74) is 9.29. The van der Waals surface area contributed by atoms with Crippen molar-refractivity contribution in [1.82, 2.24) is 0 Å². The molecule has 0 atom stereocenters. The maximum Gasteiger partial charge on any atom is 0.336 e. The van der Waals surface area contributed by atoms with Gasteiger partial charge in [0.15, 0.2) is 0 Å². The first-order valence-electron chi connectivity index (χ1n) is 21.0. The van der Waals surface area contributed by atoms with Gasteiger partial charge in [-0.1, -0.05) is 250 Å². The molecule has 0 spiro atoms. The minimum atomic E-state index is -1.03.